The van der Waals surface area contributed by atoms with Crippen molar-refractivity contribution in [2.75, 3.05) is 26.2 Å². The number of piperidine rings is 1. The van der Waals surface area contributed by atoms with Crippen LogP contribution in [0.25, 0.3) is 10.4 Å². The lowest BCUT2D eigenvalue weighted by molar-refractivity contribution is 0.178. The zero-order valence-electron chi connectivity index (χ0n) is 12.2. The van der Waals surface area contributed by atoms with E-state index in [0.29, 0.717) is 0 Å². The molecule has 110 valence electrons. The summed E-state index contributed by atoms with van der Waals surface area (Å²) < 4.78 is 0. The van der Waals surface area contributed by atoms with Crippen LogP contribution in [0.15, 0.2) is 36.7 Å². The third kappa shape index (κ3) is 2.89. The van der Waals surface area contributed by atoms with Gasteiger partial charge in [-0.15, -0.1) is 11.3 Å². The van der Waals surface area contributed by atoms with Gasteiger partial charge in [0.15, 0.2) is 0 Å². The molecule has 3 aliphatic heterocycles. The van der Waals surface area contributed by atoms with E-state index < -0.39 is 0 Å². The van der Waals surface area contributed by atoms with E-state index in [2.05, 4.69) is 33.0 Å². The third-order valence-electron chi connectivity index (χ3n) is 4.74. The van der Waals surface area contributed by atoms with Gasteiger partial charge in [-0.25, -0.2) is 0 Å². The molecule has 3 aliphatic rings. The van der Waals surface area contributed by atoms with Gasteiger partial charge in [-0.05, 0) is 44.1 Å². The SMILES string of the molecule is c1cncc(-c2ccc(CN3CCN4CCC3CC4)s2)c1. The van der Waals surface area contributed by atoms with Crippen LogP contribution in [0, 0.1) is 0 Å². The van der Waals surface area contributed by atoms with Crippen molar-refractivity contribution in [2.24, 2.45) is 0 Å². The van der Waals surface area contributed by atoms with Crippen molar-refractivity contribution in [3.63, 3.8) is 0 Å². The van der Waals surface area contributed by atoms with E-state index in [1.54, 1.807) is 0 Å². The Morgan fingerprint density at radius 1 is 1.10 bits per heavy atom. The molecule has 0 radical (unpaired) electrons. The van der Waals surface area contributed by atoms with E-state index in [1.165, 1.54) is 54.3 Å². The summed E-state index contributed by atoms with van der Waals surface area (Å²) in [4.78, 5) is 12.4. The Morgan fingerprint density at radius 3 is 2.81 bits per heavy atom. The highest BCUT2D eigenvalue weighted by Crippen LogP contribution is 2.30. The first-order chi connectivity index (χ1) is 10.4. The van der Waals surface area contributed by atoms with Crippen LogP contribution < -0.4 is 0 Å². The van der Waals surface area contributed by atoms with Gasteiger partial charge in [-0.3, -0.25) is 9.88 Å². The van der Waals surface area contributed by atoms with Crippen molar-refractivity contribution in [1.82, 2.24) is 14.8 Å². The minimum absolute atomic E-state index is 0.799. The number of hydrogen-bond donors (Lipinski definition) is 0. The molecule has 5 heterocycles. The Hall–Kier alpha value is -1.23. The molecular formula is C17H21N3S. The van der Waals surface area contributed by atoms with Crippen LogP contribution >= 0.6 is 11.3 Å². The summed E-state index contributed by atoms with van der Waals surface area (Å²) in [6, 6.07) is 9.49. The van der Waals surface area contributed by atoms with Gasteiger partial charge < -0.3 is 4.90 Å². The number of rotatable bonds is 3. The molecule has 5 rings (SSSR count). The van der Waals surface area contributed by atoms with Gasteiger partial charge in [0.2, 0.25) is 0 Å². The predicted molar refractivity (Wildman–Crippen MR) is 87.4 cm³/mol. The van der Waals surface area contributed by atoms with Gasteiger partial charge in [-0.1, -0.05) is 6.07 Å². The van der Waals surface area contributed by atoms with Crippen LogP contribution in [0.2, 0.25) is 0 Å². The molecule has 2 aromatic heterocycles. The zero-order valence-corrected chi connectivity index (χ0v) is 13.1. The highest BCUT2D eigenvalue weighted by atomic mass is 32.1. The van der Waals surface area contributed by atoms with Crippen LogP contribution in [0.1, 0.15) is 17.7 Å². The van der Waals surface area contributed by atoms with Crippen LogP contribution in [-0.2, 0) is 6.54 Å². The van der Waals surface area contributed by atoms with Gasteiger partial charge >= 0.3 is 0 Å². The van der Waals surface area contributed by atoms with Crippen molar-refractivity contribution < 1.29 is 0 Å². The lowest BCUT2D eigenvalue weighted by atomic mass is 10.1. The largest absolute Gasteiger partial charge is 0.302 e. The van der Waals surface area contributed by atoms with Crippen molar-refractivity contribution in [2.45, 2.75) is 25.4 Å². The van der Waals surface area contributed by atoms with Gasteiger partial charge in [0.05, 0.1) is 0 Å². The fourth-order valence-corrected chi connectivity index (χ4v) is 4.52. The number of hydrogen-bond acceptors (Lipinski definition) is 4. The monoisotopic (exact) mass is 299 g/mol. The number of aromatic nitrogens is 1. The lowest BCUT2D eigenvalue weighted by Crippen LogP contribution is -2.37. The Kier molecular flexibility index (Phi) is 3.76. The Labute approximate surface area is 130 Å². The summed E-state index contributed by atoms with van der Waals surface area (Å²) >= 11 is 1.92. The molecule has 0 amide bonds. The highest BCUT2D eigenvalue weighted by molar-refractivity contribution is 7.15. The van der Waals surface area contributed by atoms with E-state index >= 15 is 0 Å². The minimum atomic E-state index is 0.799. The summed E-state index contributed by atoms with van der Waals surface area (Å²) in [5.74, 6) is 0. The van der Waals surface area contributed by atoms with Crippen molar-refractivity contribution in [3.8, 4) is 10.4 Å². The number of thiophene rings is 1. The molecule has 2 bridgehead atoms. The fraction of sp³-hybridized carbons (Fsp3) is 0.471. The minimum Gasteiger partial charge on any atom is -0.302 e. The fourth-order valence-electron chi connectivity index (χ4n) is 3.50. The first-order valence-electron chi connectivity index (χ1n) is 7.84. The van der Waals surface area contributed by atoms with Crippen LogP contribution in [-0.4, -0.2) is 47.0 Å². The number of nitrogens with zero attached hydrogens (tertiary/aromatic N) is 3. The zero-order chi connectivity index (χ0) is 14.1. The summed E-state index contributed by atoms with van der Waals surface area (Å²) in [5, 5.41) is 0. The second-order valence-corrected chi connectivity index (χ2v) is 7.22. The van der Waals surface area contributed by atoms with Crippen LogP contribution in [0.5, 0.6) is 0 Å². The second kappa shape index (κ2) is 5.87. The van der Waals surface area contributed by atoms with Crippen molar-refractivity contribution in [1.29, 1.82) is 0 Å². The average Bonchev–Trinajstić information content (AvgIpc) is 2.84. The van der Waals surface area contributed by atoms with Gasteiger partial charge in [0, 0.05) is 53.4 Å². The molecule has 0 saturated carbocycles. The van der Waals surface area contributed by atoms with Gasteiger partial charge in [0.1, 0.15) is 0 Å². The molecule has 0 aromatic carbocycles. The van der Waals surface area contributed by atoms with Crippen LogP contribution in [0.3, 0.4) is 0 Å². The first-order valence-corrected chi connectivity index (χ1v) is 8.66. The molecule has 2 aromatic rings. The maximum absolute atomic E-state index is 4.22. The highest BCUT2D eigenvalue weighted by Gasteiger charge is 2.28. The molecule has 0 N–H and O–H groups in total. The third-order valence-corrected chi connectivity index (χ3v) is 5.86. The molecule has 0 atom stereocenters. The molecule has 0 unspecified atom stereocenters. The molecular weight excluding hydrogens is 278 g/mol. The first kappa shape index (κ1) is 13.4. The molecule has 3 nitrogen and oxygen atoms in total. The van der Waals surface area contributed by atoms with Crippen molar-refractivity contribution >= 4 is 11.3 Å². The van der Waals surface area contributed by atoms with E-state index in [-0.39, 0.29) is 0 Å². The topological polar surface area (TPSA) is 19.4 Å². The summed E-state index contributed by atoms with van der Waals surface area (Å²) in [7, 11) is 0. The summed E-state index contributed by atoms with van der Waals surface area (Å²) in [6.45, 7) is 6.19. The molecule has 3 fully saturated rings. The smallest absolute Gasteiger partial charge is 0.0361 e. The summed E-state index contributed by atoms with van der Waals surface area (Å²) in [5.41, 5.74) is 1.23. The van der Waals surface area contributed by atoms with E-state index in [0.717, 1.165) is 12.6 Å². The van der Waals surface area contributed by atoms with E-state index in [1.807, 2.05) is 29.8 Å². The molecule has 21 heavy (non-hydrogen) atoms. The lowest BCUT2D eigenvalue weighted by Gasteiger charge is -2.31. The molecule has 3 saturated heterocycles. The summed E-state index contributed by atoms with van der Waals surface area (Å²) in [6.07, 6.45) is 6.49. The average molecular weight is 299 g/mol. The number of fused-ring (bicyclic) bond motifs is 4. The molecule has 4 heteroatoms. The predicted octanol–water partition coefficient (Wildman–Crippen LogP) is 3.09. The Bertz CT molecular complexity index is 587. The molecule has 0 aliphatic carbocycles. The Morgan fingerprint density at radius 2 is 2.00 bits per heavy atom. The molecule has 0 spiro atoms. The van der Waals surface area contributed by atoms with Crippen molar-refractivity contribution in [3.05, 3.63) is 41.5 Å². The normalized spacial score (nSPS) is 25.9. The maximum Gasteiger partial charge on any atom is 0.0361 e. The van der Waals surface area contributed by atoms with Gasteiger partial charge in [-0.2, -0.15) is 0 Å². The maximum atomic E-state index is 4.22. The Balaban J connectivity index is 1.49. The van der Waals surface area contributed by atoms with Gasteiger partial charge in [0.25, 0.3) is 0 Å². The number of pyridine rings is 1. The van der Waals surface area contributed by atoms with E-state index in [4.69, 9.17) is 0 Å². The van der Waals surface area contributed by atoms with E-state index in [9.17, 15) is 0 Å². The standard InChI is InChI=1S/C17H21N3S/c1-2-14(12-18-7-1)17-4-3-16(21-17)13-20-11-10-19-8-5-15(20)6-9-19/h1-4,7,12,15H,5-6,8-11,13H2. The van der Waals surface area contributed by atoms with Crippen LogP contribution in [0.4, 0.5) is 0 Å². The quantitative estimate of drug-likeness (QED) is 0.868. The second-order valence-electron chi connectivity index (χ2n) is 6.05.